The molecule has 0 fully saturated rings. The number of aliphatic carboxylic acids is 1. The first-order valence-corrected chi connectivity index (χ1v) is 7.62. The fourth-order valence-electron chi connectivity index (χ4n) is 2.24. The van der Waals surface area contributed by atoms with Crippen LogP contribution in [0.5, 0.6) is 0 Å². The molecule has 1 amide bonds. The lowest BCUT2D eigenvalue weighted by Crippen LogP contribution is -2.34. The van der Waals surface area contributed by atoms with Crippen LogP contribution in [-0.4, -0.2) is 35.0 Å². The molecule has 0 atom stereocenters. The minimum atomic E-state index is -0.870. The highest BCUT2D eigenvalue weighted by Crippen LogP contribution is 2.10. The fraction of sp³-hybridized carbons (Fsp3) is 0.529. The maximum Gasteiger partial charge on any atom is 0.305 e. The van der Waals surface area contributed by atoms with E-state index < -0.39 is 5.97 Å². The second-order valence-electron chi connectivity index (χ2n) is 5.37. The van der Waals surface area contributed by atoms with Gasteiger partial charge in [-0.05, 0) is 25.5 Å². The number of carboxylic acids is 1. The van der Waals surface area contributed by atoms with E-state index in [1.807, 2.05) is 25.1 Å². The number of benzene rings is 1. The number of hydrogen-bond donors (Lipinski definition) is 1. The third-order valence-corrected chi connectivity index (χ3v) is 3.43. The summed E-state index contributed by atoms with van der Waals surface area (Å²) in [6, 6.07) is 7.44. The second kappa shape index (κ2) is 9.16. The van der Waals surface area contributed by atoms with Crippen molar-refractivity contribution < 1.29 is 14.7 Å². The smallest absolute Gasteiger partial charge is 0.305 e. The molecule has 116 valence electrons. The van der Waals surface area contributed by atoms with E-state index in [0.29, 0.717) is 12.1 Å². The number of nitrogens with zero attached hydrogens (tertiary/aromatic N) is 1. The average molecular weight is 291 g/mol. The van der Waals surface area contributed by atoms with Crippen LogP contribution in [0, 0.1) is 6.92 Å². The van der Waals surface area contributed by atoms with Gasteiger partial charge in [-0.1, -0.05) is 43.9 Å². The average Bonchev–Trinajstić information content (AvgIpc) is 2.45. The highest BCUT2D eigenvalue weighted by atomic mass is 16.4. The third kappa shape index (κ3) is 6.43. The van der Waals surface area contributed by atoms with Crippen LogP contribution < -0.4 is 0 Å². The zero-order valence-electron chi connectivity index (χ0n) is 13.0. The molecule has 0 bridgehead atoms. The van der Waals surface area contributed by atoms with E-state index in [0.717, 1.165) is 31.2 Å². The molecule has 21 heavy (non-hydrogen) atoms. The van der Waals surface area contributed by atoms with Gasteiger partial charge in [0.1, 0.15) is 0 Å². The molecule has 0 heterocycles. The zero-order valence-corrected chi connectivity index (χ0v) is 13.0. The molecule has 0 saturated heterocycles. The molecule has 0 aliphatic carbocycles. The van der Waals surface area contributed by atoms with Crippen LogP contribution in [0.25, 0.3) is 0 Å². The highest BCUT2D eigenvalue weighted by molar-refractivity contribution is 5.94. The normalized spacial score (nSPS) is 10.4. The molecule has 1 aromatic carbocycles. The molecule has 4 nitrogen and oxygen atoms in total. The van der Waals surface area contributed by atoms with Crippen LogP contribution in [0.4, 0.5) is 0 Å². The van der Waals surface area contributed by atoms with Gasteiger partial charge in [0, 0.05) is 18.7 Å². The first-order valence-electron chi connectivity index (χ1n) is 7.62. The largest absolute Gasteiger partial charge is 0.481 e. The van der Waals surface area contributed by atoms with Crippen molar-refractivity contribution in [3.63, 3.8) is 0 Å². The first kappa shape index (κ1) is 17.2. The topological polar surface area (TPSA) is 57.6 Å². The summed E-state index contributed by atoms with van der Waals surface area (Å²) in [4.78, 5) is 24.9. The molecule has 0 radical (unpaired) electrons. The van der Waals surface area contributed by atoms with Gasteiger partial charge in [-0.25, -0.2) is 0 Å². The minimum absolute atomic E-state index is 0.00860. The standard InChI is InChI=1S/C17H25NO3/c1-3-4-5-6-11-18(12-10-16(19)20)17(21)15-9-7-8-14(2)13-15/h7-9,13H,3-6,10-12H2,1-2H3,(H,19,20). The maximum atomic E-state index is 12.5. The number of unbranched alkanes of at least 4 members (excludes halogenated alkanes) is 3. The Hall–Kier alpha value is -1.84. The molecule has 1 aromatic rings. The quantitative estimate of drug-likeness (QED) is 0.708. The number of carbonyl (C=O) groups excluding carboxylic acids is 1. The van der Waals surface area contributed by atoms with Gasteiger partial charge in [0.2, 0.25) is 0 Å². The van der Waals surface area contributed by atoms with Crippen LogP contribution in [-0.2, 0) is 4.79 Å². The Labute approximate surface area is 126 Å². The SMILES string of the molecule is CCCCCCN(CCC(=O)O)C(=O)c1cccc(C)c1. The number of rotatable bonds is 9. The molecule has 0 aliphatic heterocycles. The highest BCUT2D eigenvalue weighted by Gasteiger charge is 2.16. The van der Waals surface area contributed by atoms with Gasteiger partial charge in [0.25, 0.3) is 5.91 Å². The summed E-state index contributed by atoms with van der Waals surface area (Å²) in [5.41, 5.74) is 1.67. The molecule has 0 unspecified atom stereocenters. The summed E-state index contributed by atoms with van der Waals surface area (Å²) in [7, 11) is 0. The molecule has 0 spiro atoms. The molecular weight excluding hydrogens is 266 g/mol. The Morgan fingerprint density at radius 2 is 1.90 bits per heavy atom. The maximum absolute atomic E-state index is 12.5. The number of carbonyl (C=O) groups is 2. The summed E-state index contributed by atoms with van der Waals surface area (Å²) < 4.78 is 0. The number of hydrogen-bond acceptors (Lipinski definition) is 2. The Morgan fingerprint density at radius 1 is 1.14 bits per heavy atom. The van der Waals surface area contributed by atoms with E-state index in [1.54, 1.807) is 11.0 Å². The van der Waals surface area contributed by atoms with E-state index in [2.05, 4.69) is 6.92 Å². The fourth-order valence-corrected chi connectivity index (χ4v) is 2.24. The lowest BCUT2D eigenvalue weighted by atomic mass is 10.1. The number of amides is 1. The minimum Gasteiger partial charge on any atom is -0.481 e. The van der Waals surface area contributed by atoms with Crippen LogP contribution in [0.1, 0.15) is 54.9 Å². The van der Waals surface area contributed by atoms with E-state index in [-0.39, 0.29) is 18.9 Å². The van der Waals surface area contributed by atoms with Crippen LogP contribution in [0.2, 0.25) is 0 Å². The molecule has 0 saturated carbocycles. The molecule has 4 heteroatoms. The predicted octanol–water partition coefficient (Wildman–Crippen LogP) is 3.49. The first-order chi connectivity index (χ1) is 10.0. The lowest BCUT2D eigenvalue weighted by Gasteiger charge is -2.22. The Bertz CT molecular complexity index is 471. The van der Waals surface area contributed by atoms with Gasteiger partial charge < -0.3 is 10.0 Å². The van der Waals surface area contributed by atoms with Crippen molar-refractivity contribution in [1.82, 2.24) is 4.90 Å². The van der Waals surface area contributed by atoms with Crippen molar-refractivity contribution >= 4 is 11.9 Å². The van der Waals surface area contributed by atoms with Crippen molar-refractivity contribution in [1.29, 1.82) is 0 Å². The zero-order chi connectivity index (χ0) is 15.7. The summed E-state index contributed by atoms with van der Waals surface area (Å²) in [6.07, 6.45) is 4.27. The lowest BCUT2D eigenvalue weighted by molar-refractivity contribution is -0.137. The third-order valence-electron chi connectivity index (χ3n) is 3.43. The van der Waals surface area contributed by atoms with E-state index >= 15 is 0 Å². The van der Waals surface area contributed by atoms with E-state index in [1.165, 1.54) is 0 Å². The van der Waals surface area contributed by atoms with Crippen molar-refractivity contribution in [3.05, 3.63) is 35.4 Å². The molecule has 0 aliphatic rings. The number of carboxylic acid groups (broad SMARTS) is 1. The molecule has 1 N–H and O–H groups in total. The van der Waals surface area contributed by atoms with Crippen LogP contribution >= 0.6 is 0 Å². The predicted molar refractivity (Wildman–Crippen MR) is 83.5 cm³/mol. The summed E-state index contributed by atoms with van der Waals surface area (Å²) in [5, 5.41) is 8.83. The van der Waals surface area contributed by atoms with Gasteiger partial charge in [-0.3, -0.25) is 9.59 Å². The van der Waals surface area contributed by atoms with Gasteiger partial charge in [-0.15, -0.1) is 0 Å². The van der Waals surface area contributed by atoms with E-state index in [4.69, 9.17) is 5.11 Å². The van der Waals surface area contributed by atoms with Crippen molar-refractivity contribution in [2.45, 2.75) is 46.0 Å². The van der Waals surface area contributed by atoms with Gasteiger partial charge in [0.05, 0.1) is 6.42 Å². The van der Waals surface area contributed by atoms with Gasteiger partial charge >= 0.3 is 5.97 Å². The van der Waals surface area contributed by atoms with Crippen LogP contribution in [0.3, 0.4) is 0 Å². The molecule has 1 rings (SSSR count). The van der Waals surface area contributed by atoms with Crippen molar-refractivity contribution in [2.75, 3.05) is 13.1 Å². The van der Waals surface area contributed by atoms with Crippen molar-refractivity contribution in [3.8, 4) is 0 Å². The summed E-state index contributed by atoms with van der Waals surface area (Å²) >= 11 is 0. The second-order valence-corrected chi connectivity index (χ2v) is 5.37. The van der Waals surface area contributed by atoms with Gasteiger partial charge in [0.15, 0.2) is 0 Å². The molecular formula is C17H25NO3. The number of aryl methyl sites for hydroxylation is 1. The monoisotopic (exact) mass is 291 g/mol. The summed E-state index contributed by atoms with van der Waals surface area (Å²) in [5.74, 6) is -0.943. The molecule has 0 aromatic heterocycles. The Balaban J connectivity index is 2.69. The van der Waals surface area contributed by atoms with E-state index in [9.17, 15) is 9.59 Å². The Morgan fingerprint density at radius 3 is 2.52 bits per heavy atom. The van der Waals surface area contributed by atoms with Crippen molar-refractivity contribution in [2.24, 2.45) is 0 Å². The van der Waals surface area contributed by atoms with Gasteiger partial charge in [-0.2, -0.15) is 0 Å². The Kier molecular flexibility index (Phi) is 7.51. The summed E-state index contributed by atoms with van der Waals surface area (Å²) in [6.45, 7) is 4.98. The van der Waals surface area contributed by atoms with Crippen LogP contribution in [0.15, 0.2) is 24.3 Å².